The molecule has 1 aliphatic rings. The topological polar surface area (TPSA) is 58.9 Å². The number of aliphatic imine (C=N–C) groups is 1. The molecule has 31 heavy (non-hydrogen) atoms. The molecule has 0 atom stereocenters. The van der Waals surface area contributed by atoms with Crippen LogP contribution in [0.3, 0.4) is 0 Å². The zero-order valence-electron chi connectivity index (χ0n) is 17.1. The summed E-state index contributed by atoms with van der Waals surface area (Å²) >= 11 is 8.28. The zero-order chi connectivity index (χ0) is 22.0. The molecule has 0 saturated carbocycles. The molecule has 0 bridgehead atoms. The van der Waals surface area contributed by atoms with Crippen LogP contribution in [0.4, 0.5) is 5.69 Å². The predicted octanol–water partition coefficient (Wildman–Crippen LogP) is 6.96. The number of aromatic carboxylic acids is 1. The van der Waals surface area contributed by atoms with Crippen molar-refractivity contribution in [3.05, 3.63) is 88.5 Å². The molecule has 0 radical (unpaired) electrons. The molecule has 0 unspecified atom stereocenters. The molecule has 0 saturated heterocycles. The molecule has 6 heteroatoms. The van der Waals surface area contributed by atoms with Crippen LogP contribution in [-0.4, -0.2) is 23.2 Å². The Labute approximate surface area is 190 Å². The number of allylic oxidation sites excluding steroid dienone is 1. The highest BCUT2D eigenvalue weighted by atomic mass is 35.5. The number of carbonyl (C=O) groups is 1. The number of aryl methyl sites for hydroxylation is 1. The van der Waals surface area contributed by atoms with Gasteiger partial charge < -0.3 is 9.84 Å². The van der Waals surface area contributed by atoms with Crippen LogP contribution in [0.5, 0.6) is 5.75 Å². The molecule has 0 spiro atoms. The molecular weight excluding hydrogens is 430 g/mol. The van der Waals surface area contributed by atoms with Crippen molar-refractivity contribution in [2.75, 3.05) is 6.26 Å². The summed E-state index contributed by atoms with van der Waals surface area (Å²) in [4.78, 5) is 17.3. The van der Waals surface area contributed by atoms with Crippen LogP contribution >= 0.6 is 23.4 Å². The second-order valence-electron chi connectivity index (χ2n) is 7.13. The Morgan fingerprint density at radius 3 is 2.61 bits per heavy atom. The van der Waals surface area contributed by atoms with Crippen LogP contribution in [0, 0.1) is 6.92 Å². The molecule has 4 rings (SSSR count). The summed E-state index contributed by atoms with van der Waals surface area (Å²) in [5.41, 5.74) is 4.58. The minimum absolute atomic E-state index is 0.207. The number of nitrogens with zero attached hydrogens (tertiary/aromatic N) is 1. The van der Waals surface area contributed by atoms with Gasteiger partial charge in [0.25, 0.3) is 0 Å². The van der Waals surface area contributed by atoms with Crippen molar-refractivity contribution >= 4 is 40.9 Å². The van der Waals surface area contributed by atoms with Crippen LogP contribution in [0.25, 0.3) is 11.1 Å². The molecule has 0 fully saturated rings. The van der Waals surface area contributed by atoms with E-state index in [4.69, 9.17) is 16.3 Å². The summed E-state index contributed by atoms with van der Waals surface area (Å²) in [6, 6.07) is 17.1. The monoisotopic (exact) mass is 449 g/mol. The maximum Gasteiger partial charge on any atom is 0.336 e. The number of carboxylic acid groups (broad SMARTS) is 1. The number of thioether (sulfide) groups is 1. The van der Waals surface area contributed by atoms with Crippen molar-refractivity contribution in [2.24, 2.45) is 4.99 Å². The van der Waals surface area contributed by atoms with Gasteiger partial charge in [-0.05, 0) is 78.8 Å². The summed E-state index contributed by atoms with van der Waals surface area (Å²) in [7, 11) is 0. The molecule has 3 aromatic rings. The first-order valence-corrected chi connectivity index (χ1v) is 11.3. The highest BCUT2D eigenvalue weighted by Gasteiger charge is 2.14. The normalized spacial score (nSPS) is 12.7. The van der Waals surface area contributed by atoms with E-state index in [-0.39, 0.29) is 5.56 Å². The lowest BCUT2D eigenvalue weighted by atomic mass is 10.0. The number of benzene rings is 3. The molecular formula is C25H20ClNO3S. The van der Waals surface area contributed by atoms with E-state index in [9.17, 15) is 9.90 Å². The Morgan fingerprint density at radius 2 is 1.90 bits per heavy atom. The third-order valence-corrected chi connectivity index (χ3v) is 6.12. The lowest BCUT2D eigenvalue weighted by Crippen LogP contribution is -2.06. The Balaban J connectivity index is 1.69. The number of carboxylic acids is 1. The summed E-state index contributed by atoms with van der Waals surface area (Å²) in [6.45, 7) is 1.75. The summed E-state index contributed by atoms with van der Waals surface area (Å²) < 4.78 is 5.91. The maximum absolute atomic E-state index is 11.4. The van der Waals surface area contributed by atoms with E-state index in [0.29, 0.717) is 28.7 Å². The minimum atomic E-state index is -0.988. The third kappa shape index (κ3) is 4.68. The van der Waals surface area contributed by atoms with Crippen LogP contribution < -0.4 is 4.74 Å². The maximum atomic E-state index is 11.4. The molecule has 1 aliphatic heterocycles. The van der Waals surface area contributed by atoms with Crippen LogP contribution in [-0.2, 0) is 6.42 Å². The number of halogens is 1. The largest absolute Gasteiger partial charge is 0.478 e. The van der Waals surface area contributed by atoms with Gasteiger partial charge in [-0.2, -0.15) is 0 Å². The average Bonchev–Trinajstić information content (AvgIpc) is 2.95. The van der Waals surface area contributed by atoms with Gasteiger partial charge in [-0.25, -0.2) is 9.79 Å². The van der Waals surface area contributed by atoms with Crippen LogP contribution in [0.15, 0.2) is 76.6 Å². The average molecular weight is 450 g/mol. The van der Waals surface area contributed by atoms with Gasteiger partial charge in [-0.3, -0.25) is 0 Å². The first-order chi connectivity index (χ1) is 14.9. The fourth-order valence-electron chi connectivity index (χ4n) is 3.38. The second-order valence-corrected chi connectivity index (χ2v) is 8.42. The van der Waals surface area contributed by atoms with Crippen LogP contribution in [0.2, 0.25) is 5.02 Å². The van der Waals surface area contributed by atoms with Crippen molar-refractivity contribution in [1.82, 2.24) is 0 Å². The fraction of sp³-hybridized carbons (Fsp3) is 0.120. The number of ether oxygens (including phenoxy) is 1. The molecule has 3 aromatic carbocycles. The summed E-state index contributed by atoms with van der Waals surface area (Å²) in [5.74, 6) is -0.167. The van der Waals surface area contributed by atoms with Crippen molar-refractivity contribution < 1.29 is 14.6 Å². The standard InChI is InChI=1S/C25H20ClNO3S/c1-15-6-9-18(13-20(15)25(28)29)30-24-5-3-4-17-12-22(26)21(14-23(17)27-24)16-7-10-19(31-2)11-8-16/h3,5-14H,4H2,1-2H3,(H,28,29). The summed E-state index contributed by atoms with van der Waals surface area (Å²) in [6.07, 6.45) is 6.47. The van der Waals surface area contributed by atoms with Gasteiger partial charge in [0, 0.05) is 15.5 Å². The Kier molecular flexibility index (Phi) is 6.16. The highest BCUT2D eigenvalue weighted by molar-refractivity contribution is 7.98. The van der Waals surface area contributed by atoms with Crippen molar-refractivity contribution in [3.63, 3.8) is 0 Å². The minimum Gasteiger partial charge on any atom is -0.478 e. The Hall–Kier alpha value is -3.02. The first kappa shape index (κ1) is 21.2. The van der Waals surface area contributed by atoms with E-state index in [1.807, 2.05) is 24.5 Å². The second kappa shape index (κ2) is 9.00. The molecule has 0 aliphatic carbocycles. The van der Waals surface area contributed by atoms with E-state index < -0.39 is 5.97 Å². The van der Waals surface area contributed by atoms with E-state index in [1.165, 1.54) is 11.0 Å². The lowest BCUT2D eigenvalue weighted by Gasteiger charge is -2.11. The Morgan fingerprint density at radius 1 is 1.13 bits per heavy atom. The molecule has 4 nitrogen and oxygen atoms in total. The smallest absolute Gasteiger partial charge is 0.336 e. The summed E-state index contributed by atoms with van der Waals surface area (Å²) in [5, 5.41) is 10.0. The highest BCUT2D eigenvalue weighted by Crippen LogP contribution is 2.36. The predicted molar refractivity (Wildman–Crippen MR) is 127 cm³/mol. The van der Waals surface area contributed by atoms with Gasteiger partial charge in [-0.15, -0.1) is 11.8 Å². The number of rotatable bonds is 4. The van der Waals surface area contributed by atoms with Crippen molar-refractivity contribution in [2.45, 2.75) is 18.2 Å². The molecule has 1 N–H and O–H groups in total. The van der Waals surface area contributed by atoms with E-state index in [2.05, 4.69) is 29.3 Å². The molecule has 0 amide bonds. The van der Waals surface area contributed by atoms with E-state index in [1.54, 1.807) is 36.9 Å². The zero-order valence-corrected chi connectivity index (χ0v) is 18.6. The lowest BCUT2D eigenvalue weighted by molar-refractivity contribution is 0.0696. The van der Waals surface area contributed by atoms with Crippen molar-refractivity contribution in [1.29, 1.82) is 0 Å². The van der Waals surface area contributed by atoms with Crippen molar-refractivity contribution in [3.8, 4) is 16.9 Å². The fourth-order valence-corrected chi connectivity index (χ4v) is 4.08. The number of hydrogen-bond acceptors (Lipinski definition) is 4. The van der Waals surface area contributed by atoms with Gasteiger partial charge >= 0.3 is 5.97 Å². The first-order valence-electron chi connectivity index (χ1n) is 9.68. The number of fused-ring (bicyclic) bond motifs is 1. The molecule has 0 aromatic heterocycles. The van der Waals surface area contributed by atoms with E-state index in [0.717, 1.165) is 22.4 Å². The van der Waals surface area contributed by atoms with Gasteiger partial charge in [0.15, 0.2) is 0 Å². The van der Waals surface area contributed by atoms with Gasteiger partial charge in [-0.1, -0.05) is 35.9 Å². The van der Waals surface area contributed by atoms with E-state index >= 15 is 0 Å². The Bertz CT molecular complexity index is 1220. The number of hydrogen-bond donors (Lipinski definition) is 1. The quantitative estimate of drug-likeness (QED) is 0.437. The van der Waals surface area contributed by atoms with Gasteiger partial charge in [0.05, 0.1) is 11.3 Å². The van der Waals surface area contributed by atoms with Gasteiger partial charge in [0.2, 0.25) is 5.90 Å². The van der Waals surface area contributed by atoms with Crippen LogP contribution in [0.1, 0.15) is 21.5 Å². The van der Waals surface area contributed by atoms with Gasteiger partial charge in [0.1, 0.15) is 5.75 Å². The molecule has 1 heterocycles. The SMILES string of the molecule is CSc1ccc(-c2cc3c(cc2Cl)CC=CC(Oc2ccc(C)c(C(=O)O)c2)=N3)cc1. The third-order valence-electron chi connectivity index (χ3n) is 5.06. The molecule has 156 valence electrons.